The molecule has 4 atom stereocenters. The molecule has 0 radical (unpaired) electrons. The molecule has 7 N–H and O–H groups in total. The number of nitrogens with one attached hydrogen (secondary N) is 3. The Hall–Kier alpha value is -2.77. The number of rotatable bonds is 14. The van der Waals surface area contributed by atoms with Crippen LogP contribution >= 0.6 is 25.3 Å². The van der Waals surface area contributed by atoms with E-state index in [0.717, 1.165) is 0 Å². The highest BCUT2D eigenvalue weighted by molar-refractivity contribution is 7.80. The predicted molar refractivity (Wildman–Crippen MR) is 126 cm³/mol. The molecular formula is C20H28N4O7S2. The number of hydrogen-bond acceptors (Lipinski definition) is 8. The van der Waals surface area contributed by atoms with E-state index in [2.05, 4.69) is 41.2 Å². The summed E-state index contributed by atoms with van der Waals surface area (Å²) in [6.45, 7) is 0. The number of carbonyl (C=O) groups is 5. The number of hydrogen-bond donors (Lipinski definition) is 8. The quantitative estimate of drug-likeness (QED) is 0.147. The van der Waals surface area contributed by atoms with E-state index in [9.17, 15) is 24.0 Å². The Kier molecular flexibility index (Phi) is 12.3. The molecule has 0 fully saturated rings. The zero-order valence-electron chi connectivity index (χ0n) is 17.6. The molecule has 3 amide bonds. The summed E-state index contributed by atoms with van der Waals surface area (Å²) in [5.74, 6) is -5.00. The van der Waals surface area contributed by atoms with Crippen molar-refractivity contribution < 1.29 is 34.2 Å². The Morgan fingerprint density at radius 3 is 1.88 bits per heavy atom. The molecule has 0 aliphatic heterocycles. The highest BCUT2D eigenvalue weighted by Gasteiger charge is 2.30. The first-order valence-corrected chi connectivity index (χ1v) is 11.2. The second-order valence-electron chi connectivity index (χ2n) is 7.12. The molecule has 1 aromatic carbocycles. The van der Waals surface area contributed by atoms with Crippen LogP contribution in [0.4, 0.5) is 0 Å². The van der Waals surface area contributed by atoms with Gasteiger partial charge in [0.05, 0.1) is 6.04 Å². The van der Waals surface area contributed by atoms with Gasteiger partial charge in [0.2, 0.25) is 17.7 Å². The van der Waals surface area contributed by atoms with Gasteiger partial charge in [-0.3, -0.25) is 19.2 Å². The van der Waals surface area contributed by atoms with Crippen molar-refractivity contribution in [3.8, 4) is 0 Å². The van der Waals surface area contributed by atoms with E-state index >= 15 is 0 Å². The van der Waals surface area contributed by atoms with Crippen LogP contribution < -0.4 is 21.7 Å². The lowest BCUT2D eigenvalue weighted by atomic mass is 10.0. The lowest BCUT2D eigenvalue weighted by Gasteiger charge is -2.24. The fraction of sp³-hybridized carbons (Fsp3) is 0.450. The van der Waals surface area contributed by atoms with Crippen LogP contribution in [0.2, 0.25) is 0 Å². The average molecular weight is 501 g/mol. The van der Waals surface area contributed by atoms with E-state index in [1.807, 2.05) is 0 Å². The van der Waals surface area contributed by atoms with Gasteiger partial charge in [-0.05, 0) is 12.0 Å². The van der Waals surface area contributed by atoms with Crippen LogP contribution in [0.25, 0.3) is 0 Å². The third-order valence-electron chi connectivity index (χ3n) is 4.53. The standard InChI is InChI=1S/C20H28N4O7S2/c21-12(9-32)17(27)23-14(8-11-4-2-1-3-5-11)19(29)22-13(6-7-16(25)26)18(28)24-15(10-33)20(30)31/h1-5,12-15,32-33H,6-10,21H2,(H,22,29)(H,23,27)(H,24,28)(H,25,26)(H,30,31). The number of amides is 3. The van der Waals surface area contributed by atoms with Gasteiger partial charge in [0.15, 0.2) is 0 Å². The molecule has 0 saturated heterocycles. The summed E-state index contributed by atoms with van der Waals surface area (Å²) in [7, 11) is 0. The minimum atomic E-state index is -1.36. The maximum absolute atomic E-state index is 13.0. The van der Waals surface area contributed by atoms with E-state index in [1.54, 1.807) is 30.3 Å². The molecule has 4 unspecified atom stereocenters. The summed E-state index contributed by atoms with van der Waals surface area (Å²) >= 11 is 7.83. The second kappa shape index (κ2) is 14.4. The van der Waals surface area contributed by atoms with Crippen LogP contribution in [0, 0.1) is 0 Å². The minimum Gasteiger partial charge on any atom is -0.481 e. The SMILES string of the molecule is NC(CS)C(=O)NC(Cc1ccccc1)C(=O)NC(CCC(=O)O)C(=O)NC(CS)C(=O)O. The van der Waals surface area contributed by atoms with Gasteiger partial charge < -0.3 is 31.9 Å². The zero-order chi connectivity index (χ0) is 25.0. The van der Waals surface area contributed by atoms with Crippen LogP contribution in [0.5, 0.6) is 0 Å². The van der Waals surface area contributed by atoms with Gasteiger partial charge in [-0.15, -0.1) is 0 Å². The molecule has 0 saturated carbocycles. The van der Waals surface area contributed by atoms with Gasteiger partial charge in [-0.25, -0.2) is 4.79 Å². The fourth-order valence-electron chi connectivity index (χ4n) is 2.69. The lowest BCUT2D eigenvalue weighted by molar-refractivity contribution is -0.142. The van der Waals surface area contributed by atoms with E-state index < -0.39 is 60.2 Å². The van der Waals surface area contributed by atoms with Gasteiger partial charge >= 0.3 is 11.9 Å². The third-order valence-corrected chi connectivity index (χ3v) is 5.28. The first-order valence-electron chi connectivity index (χ1n) is 9.96. The van der Waals surface area contributed by atoms with E-state index in [0.29, 0.717) is 5.56 Å². The van der Waals surface area contributed by atoms with Crippen LogP contribution in [-0.2, 0) is 30.4 Å². The van der Waals surface area contributed by atoms with Crippen molar-refractivity contribution in [1.29, 1.82) is 0 Å². The maximum Gasteiger partial charge on any atom is 0.327 e. The van der Waals surface area contributed by atoms with Gasteiger partial charge in [0.25, 0.3) is 0 Å². The molecule has 13 heteroatoms. The summed E-state index contributed by atoms with van der Waals surface area (Å²) in [5.41, 5.74) is 6.39. The van der Waals surface area contributed by atoms with Crippen molar-refractivity contribution in [2.45, 2.75) is 43.4 Å². The number of aliphatic carboxylic acids is 2. The Labute approximate surface area is 201 Å². The monoisotopic (exact) mass is 500 g/mol. The largest absolute Gasteiger partial charge is 0.481 e. The van der Waals surface area contributed by atoms with Crippen molar-refractivity contribution in [2.24, 2.45) is 5.73 Å². The molecule has 0 aromatic heterocycles. The first kappa shape index (κ1) is 28.3. The normalized spacial score (nSPS) is 14.3. The van der Waals surface area contributed by atoms with Gasteiger partial charge in [-0.2, -0.15) is 25.3 Å². The third kappa shape index (κ3) is 10.1. The molecule has 0 aliphatic rings. The Morgan fingerprint density at radius 1 is 0.818 bits per heavy atom. The summed E-state index contributed by atoms with van der Waals surface area (Å²) in [4.78, 5) is 60.1. The number of benzene rings is 1. The number of carbonyl (C=O) groups excluding carboxylic acids is 3. The molecule has 0 heterocycles. The lowest BCUT2D eigenvalue weighted by Crippen LogP contribution is -2.58. The highest BCUT2D eigenvalue weighted by Crippen LogP contribution is 2.06. The highest BCUT2D eigenvalue weighted by atomic mass is 32.1. The Morgan fingerprint density at radius 2 is 1.36 bits per heavy atom. The van der Waals surface area contributed by atoms with Crippen LogP contribution in [0.15, 0.2) is 30.3 Å². The zero-order valence-corrected chi connectivity index (χ0v) is 19.4. The second-order valence-corrected chi connectivity index (χ2v) is 7.85. The minimum absolute atomic E-state index is 0.0372. The predicted octanol–water partition coefficient (Wildman–Crippen LogP) is -1.18. The smallest absolute Gasteiger partial charge is 0.327 e. The molecule has 11 nitrogen and oxygen atoms in total. The summed E-state index contributed by atoms with van der Waals surface area (Å²) < 4.78 is 0. The number of thiol groups is 2. The van der Waals surface area contributed by atoms with Crippen molar-refractivity contribution >= 4 is 54.9 Å². The average Bonchev–Trinajstić information content (AvgIpc) is 2.78. The molecule has 1 aromatic rings. The molecule has 1 rings (SSSR count). The van der Waals surface area contributed by atoms with E-state index in [1.165, 1.54) is 0 Å². The Balaban J connectivity index is 3.07. The van der Waals surface area contributed by atoms with Gasteiger partial charge in [-0.1, -0.05) is 30.3 Å². The Bertz CT molecular complexity index is 841. The number of nitrogens with two attached hydrogens (primary N) is 1. The van der Waals surface area contributed by atoms with E-state index in [-0.39, 0.29) is 24.3 Å². The van der Waals surface area contributed by atoms with Crippen LogP contribution in [0.3, 0.4) is 0 Å². The number of carboxylic acid groups (broad SMARTS) is 2. The molecule has 0 spiro atoms. The first-order chi connectivity index (χ1) is 15.6. The van der Waals surface area contributed by atoms with Crippen molar-refractivity contribution in [3.05, 3.63) is 35.9 Å². The fourth-order valence-corrected chi connectivity index (χ4v) is 3.10. The molecular weight excluding hydrogens is 472 g/mol. The van der Waals surface area contributed by atoms with Gasteiger partial charge in [0, 0.05) is 24.3 Å². The van der Waals surface area contributed by atoms with Crippen LogP contribution in [-0.4, -0.2) is 75.5 Å². The van der Waals surface area contributed by atoms with E-state index in [4.69, 9.17) is 15.9 Å². The van der Waals surface area contributed by atoms with Crippen molar-refractivity contribution in [3.63, 3.8) is 0 Å². The van der Waals surface area contributed by atoms with Crippen molar-refractivity contribution in [1.82, 2.24) is 16.0 Å². The maximum atomic E-state index is 13.0. The number of carboxylic acids is 2. The summed E-state index contributed by atoms with van der Waals surface area (Å²) in [6.07, 6.45) is -0.690. The van der Waals surface area contributed by atoms with Crippen LogP contribution in [0.1, 0.15) is 18.4 Å². The molecule has 182 valence electrons. The van der Waals surface area contributed by atoms with Gasteiger partial charge in [0.1, 0.15) is 18.1 Å². The molecule has 0 aliphatic carbocycles. The summed E-state index contributed by atoms with van der Waals surface area (Å²) in [6, 6.07) is 3.95. The molecule has 0 bridgehead atoms. The van der Waals surface area contributed by atoms with Crippen molar-refractivity contribution in [2.75, 3.05) is 11.5 Å². The molecule has 33 heavy (non-hydrogen) atoms. The topological polar surface area (TPSA) is 188 Å². The summed E-state index contributed by atoms with van der Waals surface area (Å²) in [5, 5.41) is 25.2.